The normalized spacial score (nSPS) is 17.3. The number of halogens is 5. The first-order chi connectivity index (χ1) is 11.4. The molecule has 0 aliphatic carbocycles. The zero-order valence-corrected chi connectivity index (χ0v) is 15.8. The Hall–Kier alpha value is -1.50. The van der Waals surface area contributed by atoms with Gasteiger partial charge in [-0.15, -0.1) is 24.8 Å². The summed E-state index contributed by atoms with van der Waals surface area (Å²) in [6, 6.07) is 7.28. The van der Waals surface area contributed by atoms with Gasteiger partial charge in [0.15, 0.2) is 0 Å². The minimum Gasteiger partial charge on any atom is -0.490 e. The Balaban J connectivity index is 0.00000169. The maximum Gasteiger partial charge on any atom is 0.416 e. The van der Waals surface area contributed by atoms with Crippen LogP contribution in [0.5, 0.6) is 5.75 Å². The van der Waals surface area contributed by atoms with Crippen LogP contribution in [-0.2, 0) is 6.18 Å². The molecule has 0 radical (unpaired) electrons. The minimum absolute atomic E-state index is 0. The van der Waals surface area contributed by atoms with Crippen LogP contribution in [-0.4, -0.2) is 36.1 Å². The number of hydrogen-bond donors (Lipinski definition) is 0. The largest absolute Gasteiger partial charge is 0.490 e. The van der Waals surface area contributed by atoms with Gasteiger partial charge in [0.1, 0.15) is 12.4 Å². The van der Waals surface area contributed by atoms with E-state index in [1.807, 2.05) is 6.07 Å². The molecule has 1 fully saturated rings. The topological polar surface area (TPSA) is 25.4 Å². The lowest BCUT2D eigenvalue weighted by Crippen LogP contribution is -2.30. The zero-order chi connectivity index (χ0) is 17.2. The fraction of sp³-hybridized carbons (Fsp3) is 0.389. The number of likely N-dealkylation sites (tertiary alicyclic amines) is 1. The second kappa shape index (κ2) is 9.44. The fourth-order valence-corrected chi connectivity index (χ4v) is 2.89. The van der Waals surface area contributed by atoms with Crippen LogP contribution in [0.25, 0.3) is 11.1 Å². The monoisotopic (exact) mass is 408 g/mol. The lowest BCUT2D eigenvalue weighted by molar-refractivity contribution is -0.137. The minimum atomic E-state index is -4.32. The summed E-state index contributed by atoms with van der Waals surface area (Å²) in [6.45, 7) is 1.67. The number of likely N-dealkylation sites (N-methyl/N-ethyl adjacent to an activating group) is 1. The molecule has 0 amide bonds. The summed E-state index contributed by atoms with van der Waals surface area (Å²) >= 11 is 0. The van der Waals surface area contributed by atoms with E-state index in [9.17, 15) is 13.2 Å². The van der Waals surface area contributed by atoms with Crippen LogP contribution in [0.4, 0.5) is 13.2 Å². The summed E-state index contributed by atoms with van der Waals surface area (Å²) in [4.78, 5) is 6.41. The van der Waals surface area contributed by atoms with Crippen molar-refractivity contribution in [1.29, 1.82) is 0 Å². The van der Waals surface area contributed by atoms with Crippen LogP contribution in [0.15, 0.2) is 42.7 Å². The fourth-order valence-electron chi connectivity index (χ4n) is 2.89. The quantitative estimate of drug-likeness (QED) is 0.704. The molecule has 0 saturated carbocycles. The maximum absolute atomic E-state index is 12.6. The molecular formula is C18H21Cl2F3N2O. The standard InChI is InChI=1S/C18H19F3N2O.2ClH/c1-23-8-2-3-16(23)12-24-17-9-14(10-22-11-17)13-4-6-15(7-5-13)18(19,20)21;;/h4-7,9-11,16H,2-3,8,12H2,1H3;2*1H/t16-;;/m0../s1. The Morgan fingerprint density at radius 1 is 1.12 bits per heavy atom. The van der Waals surface area contributed by atoms with Gasteiger partial charge < -0.3 is 9.64 Å². The van der Waals surface area contributed by atoms with E-state index in [0.29, 0.717) is 24.0 Å². The molecule has 1 aromatic heterocycles. The van der Waals surface area contributed by atoms with E-state index in [2.05, 4.69) is 16.9 Å². The van der Waals surface area contributed by atoms with Crippen LogP contribution in [0.2, 0.25) is 0 Å². The molecule has 1 aromatic carbocycles. The van der Waals surface area contributed by atoms with Crippen LogP contribution in [0, 0.1) is 0 Å². The van der Waals surface area contributed by atoms with Crippen LogP contribution in [0.1, 0.15) is 18.4 Å². The first-order valence-corrected chi connectivity index (χ1v) is 7.89. The average Bonchev–Trinajstić information content (AvgIpc) is 2.98. The molecule has 8 heteroatoms. The predicted octanol–water partition coefficient (Wildman–Crippen LogP) is 5.08. The smallest absolute Gasteiger partial charge is 0.416 e. The van der Waals surface area contributed by atoms with Gasteiger partial charge in [-0.2, -0.15) is 13.2 Å². The first kappa shape index (κ1) is 22.5. The van der Waals surface area contributed by atoms with E-state index in [4.69, 9.17) is 4.74 Å². The van der Waals surface area contributed by atoms with E-state index < -0.39 is 11.7 Å². The molecule has 0 N–H and O–H groups in total. The van der Waals surface area contributed by atoms with Gasteiger partial charge in [-0.25, -0.2) is 0 Å². The molecule has 1 saturated heterocycles. The number of aromatic nitrogens is 1. The second-order valence-corrected chi connectivity index (χ2v) is 6.07. The highest BCUT2D eigenvalue weighted by Gasteiger charge is 2.30. The number of ether oxygens (including phenoxy) is 1. The molecule has 2 heterocycles. The molecule has 1 atom stereocenters. The Bertz CT molecular complexity index is 696. The van der Waals surface area contributed by atoms with Crippen LogP contribution in [0.3, 0.4) is 0 Å². The van der Waals surface area contributed by atoms with Gasteiger partial charge in [-0.05, 0) is 50.2 Å². The Morgan fingerprint density at radius 2 is 1.81 bits per heavy atom. The van der Waals surface area contributed by atoms with Gasteiger partial charge in [-0.3, -0.25) is 4.98 Å². The maximum atomic E-state index is 12.6. The Morgan fingerprint density at radius 3 is 2.38 bits per heavy atom. The van der Waals surface area contributed by atoms with Crippen molar-refractivity contribution in [2.24, 2.45) is 0 Å². The summed E-state index contributed by atoms with van der Waals surface area (Å²) < 4.78 is 43.7. The molecule has 3 rings (SSSR count). The van der Waals surface area contributed by atoms with Gasteiger partial charge in [0.25, 0.3) is 0 Å². The number of nitrogens with zero attached hydrogens (tertiary/aromatic N) is 2. The second-order valence-electron chi connectivity index (χ2n) is 6.07. The summed E-state index contributed by atoms with van der Waals surface area (Å²) in [5, 5.41) is 0. The van der Waals surface area contributed by atoms with Crippen molar-refractivity contribution < 1.29 is 17.9 Å². The van der Waals surface area contributed by atoms with E-state index in [0.717, 1.165) is 30.7 Å². The van der Waals surface area contributed by atoms with Crippen molar-refractivity contribution in [3.8, 4) is 16.9 Å². The first-order valence-electron chi connectivity index (χ1n) is 7.89. The van der Waals surface area contributed by atoms with Gasteiger partial charge >= 0.3 is 6.18 Å². The van der Waals surface area contributed by atoms with E-state index >= 15 is 0 Å². The van der Waals surface area contributed by atoms with Crippen LogP contribution >= 0.6 is 24.8 Å². The number of hydrogen-bond acceptors (Lipinski definition) is 3. The van der Waals surface area contributed by atoms with Crippen LogP contribution < -0.4 is 4.74 Å². The SMILES string of the molecule is CN1CCC[C@H]1COc1cncc(-c2ccc(C(F)(F)F)cc2)c1.Cl.Cl. The molecule has 3 nitrogen and oxygen atoms in total. The number of benzene rings is 1. The lowest BCUT2D eigenvalue weighted by Gasteiger charge is -2.19. The molecular weight excluding hydrogens is 388 g/mol. The van der Waals surface area contributed by atoms with Crippen molar-refractivity contribution in [2.75, 3.05) is 20.2 Å². The van der Waals surface area contributed by atoms with Crippen molar-refractivity contribution in [3.63, 3.8) is 0 Å². The van der Waals surface area contributed by atoms with Gasteiger partial charge in [0.2, 0.25) is 0 Å². The molecule has 1 aliphatic rings. The van der Waals surface area contributed by atoms with Crippen molar-refractivity contribution in [3.05, 3.63) is 48.3 Å². The molecule has 1 aliphatic heterocycles. The number of rotatable bonds is 4. The van der Waals surface area contributed by atoms with Gasteiger partial charge in [0, 0.05) is 17.8 Å². The predicted molar refractivity (Wildman–Crippen MR) is 100 cm³/mol. The van der Waals surface area contributed by atoms with Crippen molar-refractivity contribution >= 4 is 24.8 Å². The molecule has 0 unspecified atom stereocenters. The molecule has 0 spiro atoms. The Kier molecular flexibility index (Phi) is 8.18. The lowest BCUT2D eigenvalue weighted by atomic mass is 10.1. The molecule has 0 bridgehead atoms. The van der Waals surface area contributed by atoms with Crippen molar-refractivity contribution in [2.45, 2.75) is 25.1 Å². The van der Waals surface area contributed by atoms with E-state index in [-0.39, 0.29) is 24.8 Å². The average molecular weight is 409 g/mol. The molecule has 26 heavy (non-hydrogen) atoms. The van der Waals surface area contributed by atoms with Gasteiger partial charge in [0.05, 0.1) is 11.8 Å². The molecule has 144 valence electrons. The highest BCUT2D eigenvalue weighted by Crippen LogP contribution is 2.31. The summed E-state index contributed by atoms with van der Waals surface area (Å²) in [5.41, 5.74) is 0.760. The van der Waals surface area contributed by atoms with E-state index in [1.165, 1.54) is 18.6 Å². The number of alkyl halides is 3. The highest BCUT2D eigenvalue weighted by atomic mass is 35.5. The number of pyridine rings is 1. The third-order valence-corrected chi connectivity index (χ3v) is 4.37. The zero-order valence-electron chi connectivity index (χ0n) is 14.2. The summed E-state index contributed by atoms with van der Waals surface area (Å²) in [7, 11) is 2.08. The third-order valence-electron chi connectivity index (χ3n) is 4.37. The summed E-state index contributed by atoms with van der Waals surface area (Å²) in [5.74, 6) is 0.632. The Labute approximate surface area is 163 Å². The van der Waals surface area contributed by atoms with Crippen molar-refractivity contribution in [1.82, 2.24) is 9.88 Å². The highest BCUT2D eigenvalue weighted by molar-refractivity contribution is 5.85. The van der Waals surface area contributed by atoms with Gasteiger partial charge in [-0.1, -0.05) is 12.1 Å². The summed E-state index contributed by atoms with van der Waals surface area (Å²) in [6.07, 6.45) is 1.21. The van der Waals surface area contributed by atoms with E-state index in [1.54, 1.807) is 12.4 Å². The molecule has 2 aromatic rings. The third kappa shape index (κ3) is 5.50.